The van der Waals surface area contributed by atoms with E-state index in [1.165, 1.54) is 89.9 Å². The van der Waals surface area contributed by atoms with Gasteiger partial charge in [0.2, 0.25) is 0 Å². The molecule has 2 rings (SSSR count). The Morgan fingerprint density at radius 3 is 1.49 bits per heavy atom. The molecule has 1 atom stereocenters. The average Bonchev–Trinajstić information content (AvgIpc) is 2.91. The molecule has 35 heavy (non-hydrogen) atoms. The van der Waals surface area contributed by atoms with E-state index in [1.807, 2.05) is 12.1 Å². The Kier molecular flexibility index (Phi) is 20.0. The number of rotatable bonds is 19. The zero-order valence-electron chi connectivity index (χ0n) is 22.4. The number of hydrogen-bond acceptors (Lipinski definition) is 3. The standard InChI is InChI=1S/C18H38O.C14H12O2/c1-3-5-7-9-11-13-15-17-19-18-16-14-12-10-8-6-4-2;15-13(11-7-3-1-4-8-11)14(16)12-9-5-2-6-10-12/h3-18H2,1-2H3;1-10,13,15H. The van der Waals surface area contributed by atoms with Gasteiger partial charge in [0.1, 0.15) is 6.10 Å². The van der Waals surface area contributed by atoms with Crippen LogP contribution >= 0.6 is 0 Å². The van der Waals surface area contributed by atoms with Crippen molar-refractivity contribution in [3.63, 3.8) is 0 Å². The summed E-state index contributed by atoms with van der Waals surface area (Å²) in [7, 11) is 0. The molecule has 0 aliphatic heterocycles. The normalized spacial score (nSPS) is 11.5. The Labute approximate surface area is 215 Å². The highest BCUT2D eigenvalue weighted by Gasteiger charge is 2.18. The van der Waals surface area contributed by atoms with Crippen molar-refractivity contribution in [1.29, 1.82) is 0 Å². The minimum atomic E-state index is -1.08. The van der Waals surface area contributed by atoms with Gasteiger partial charge in [-0.15, -0.1) is 0 Å². The molecule has 0 aliphatic rings. The monoisotopic (exact) mass is 482 g/mol. The first-order valence-electron chi connectivity index (χ1n) is 14.1. The van der Waals surface area contributed by atoms with Gasteiger partial charge in [0, 0.05) is 18.8 Å². The number of ether oxygens (including phenoxy) is 1. The van der Waals surface area contributed by atoms with Gasteiger partial charge < -0.3 is 9.84 Å². The predicted octanol–water partition coefficient (Wildman–Crippen LogP) is 9.11. The van der Waals surface area contributed by atoms with Gasteiger partial charge in [0.05, 0.1) is 0 Å². The molecular formula is C32H50O3. The molecule has 0 amide bonds. The molecule has 0 heterocycles. The lowest BCUT2D eigenvalue weighted by molar-refractivity contribution is 0.0747. The highest BCUT2D eigenvalue weighted by Crippen LogP contribution is 2.17. The number of Topliss-reactive ketones (excluding diaryl/α,β-unsaturated/α-hetero) is 1. The second-order valence-electron chi connectivity index (χ2n) is 9.40. The molecule has 1 N–H and O–H groups in total. The molecule has 0 aliphatic carbocycles. The lowest BCUT2D eigenvalue weighted by Gasteiger charge is -2.09. The number of aliphatic hydroxyl groups excluding tert-OH is 1. The summed E-state index contributed by atoms with van der Waals surface area (Å²) in [6.07, 6.45) is 18.2. The van der Waals surface area contributed by atoms with E-state index in [2.05, 4.69) is 13.8 Å². The van der Waals surface area contributed by atoms with Crippen LogP contribution in [0, 0.1) is 0 Å². The quantitative estimate of drug-likeness (QED) is 0.160. The predicted molar refractivity (Wildman–Crippen MR) is 149 cm³/mol. The van der Waals surface area contributed by atoms with E-state index in [0.29, 0.717) is 11.1 Å². The highest BCUT2D eigenvalue weighted by atomic mass is 16.5. The van der Waals surface area contributed by atoms with E-state index >= 15 is 0 Å². The summed E-state index contributed by atoms with van der Waals surface area (Å²) in [4.78, 5) is 11.9. The van der Waals surface area contributed by atoms with E-state index in [9.17, 15) is 9.90 Å². The Morgan fingerprint density at radius 2 is 1.03 bits per heavy atom. The second kappa shape index (κ2) is 22.5. The summed E-state index contributed by atoms with van der Waals surface area (Å²) < 4.78 is 5.69. The van der Waals surface area contributed by atoms with Crippen LogP contribution in [0.5, 0.6) is 0 Å². The second-order valence-corrected chi connectivity index (χ2v) is 9.40. The summed E-state index contributed by atoms with van der Waals surface area (Å²) >= 11 is 0. The molecule has 0 saturated heterocycles. The highest BCUT2D eigenvalue weighted by molar-refractivity contribution is 5.99. The summed E-state index contributed by atoms with van der Waals surface area (Å²) in [6, 6.07) is 17.7. The molecular weight excluding hydrogens is 432 g/mol. The molecule has 1 unspecified atom stereocenters. The van der Waals surface area contributed by atoms with E-state index in [4.69, 9.17) is 4.74 Å². The summed E-state index contributed by atoms with van der Waals surface area (Å²) in [5.41, 5.74) is 1.15. The van der Waals surface area contributed by atoms with Crippen molar-refractivity contribution in [1.82, 2.24) is 0 Å². The van der Waals surface area contributed by atoms with Crippen LogP contribution in [-0.2, 0) is 4.74 Å². The SMILES string of the molecule is CCCCCCCCCOCCCCCCCCC.O=C(c1ccccc1)C(O)c1ccccc1. The average molecular weight is 483 g/mol. The van der Waals surface area contributed by atoms with Crippen molar-refractivity contribution in [2.75, 3.05) is 13.2 Å². The molecule has 0 saturated carbocycles. The van der Waals surface area contributed by atoms with Gasteiger partial charge >= 0.3 is 0 Å². The molecule has 0 fully saturated rings. The Morgan fingerprint density at radius 1 is 0.629 bits per heavy atom. The van der Waals surface area contributed by atoms with Crippen LogP contribution < -0.4 is 0 Å². The minimum absolute atomic E-state index is 0.271. The number of benzene rings is 2. The molecule has 0 bridgehead atoms. The van der Waals surface area contributed by atoms with Gasteiger partial charge in [-0.3, -0.25) is 4.79 Å². The van der Waals surface area contributed by atoms with E-state index in [0.717, 1.165) is 13.2 Å². The lowest BCUT2D eigenvalue weighted by atomic mass is 10.0. The van der Waals surface area contributed by atoms with Crippen LogP contribution in [0.3, 0.4) is 0 Å². The third-order valence-electron chi connectivity index (χ3n) is 6.21. The molecule has 196 valence electrons. The van der Waals surface area contributed by atoms with Crippen molar-refractivity contribution in [3.05, 3.63) is 71.8 Å². The Bertz CT molecular complexity index is 698. The van der Waals surface area contributed by atoms with Gasteiger partial charge in [0.15, 0.2) is 5.78 Å². The van der Waals surface area contributed by atoms with Gasteiger partial charge in [-0.25, -0.2) is 0 Å². The fraction of sp³-hybridized carbons (Fsp3) is 0.594. The molecule has 3 heteroatoms. The smallest absolute Gasteiger partial charge is 0.195 e. The maximum atomic E-state index is 11.9. The number of carbonyl (C=O) groups excluding carboxylic acids is 1. The van der Waals surface area contributed by atoms with Gasteiger partial charge in [0.25, 0.3) is 0 Å². The third kappa shape index (κ3) is 16.4. The van der Waals surface area contributed by atoms with E-state index in [-0.39, 0.29) is 5.78 Å². The molecule has 2 aromatic rings. The first kappa shape index (κ1) is 31.1. The number of aliphatic hydroxyl groups is 1. The van der Waals surface area contributed by atoms with Crippen LogP contribution in [0.1, 0.15) is 126 Å². The zero-order chi connectivity index (χ0) is 25.4. The largest absolute Gasteiger partial charge is 0.381 e. The van der Waals surface area contributed by atoms with Gasteiger partial charge in [-0.05, 0) is 18.4 Å². The first-order chi connectivity index (χ1) is 17.2. The maximum absolute atomic E-state index is 11.9. The van der Waals surface area contributed by atoms with Crippen LogP contribution in [0.4, 0.5) is 0 Å². The van der Waals surface area contributed by atoms with Crippen LogP contribution in [0.15, 0.2) is 60.7 Å². The molecule has 0 radical (unpaired) electrons. The van der Waals surface area contributed by atoms with E-state index in [1.54, 1.807) is 48.5 Å². The Balaban J connectivity index is 0.000000353. The molecule has 0 spiro atoms. The number of carbonyl (C=O) groups is 1. The lowest BCUT2D eigenvalue weighted by Crippen LogP contribution is -2.11. The number of ketones is 1. The molecule has 3 nitrogen and oxygen atoms in total. The van der Waals surface area contributed by atoms with Crippen molar-refractivity contribution in [3.8, 4) is 0 Å². The van der Waals surface area contributed by atoms with Crippen LogP contribution in [0.2, 0.25) is 0 Å². The van der Waals surface area contributed by atoms with Gasteiger partial charge in [-0.2, -0.15) is 0 Å². The molecule has 0 aromatic heterocycles. The summed E-state index contributed by atoms with van der Waals surface area (Å²) in [5.74, 6) is -0.271. The summed E-state index contributed by atoms with van der Waals surface area (Å²) in [5, 5.41) is 9.89. The van der Waals surface area contributed by atoms with Crippen molar-refractivity contribution < 1.29 is 14.6 Å². The van der Waals surface area contributed by atoms with Crippen molar-refractivity contribution in [2.24, 2.45) is 0 Å². The number of unbranched alkanes of at least 4 members (excludes halogenated alkanes) is 12. The minimum Gasteiger partial charge on any atom is -0.381 e. The molecule has 2 aromatic carbocycles. The topological polar surface area (TPSA) is 46.5 Å². The first-order valence-corrected chi connectivity index (χ1v) is 14.1. The number of hydrogen-bond donors (Lipinski definition) is 1. The summed E-state index contributed by atoms with van der Waals surface area (Å²) in [6.45, 7) is 6.53. The van der Waals surface area contributed by atoms with Crippen molar-refractivity contribution >= 4 is 5.78 Å². The fourth-order valence-electron chi connectivity index (χ4n) is 3.97. The van der Waals surface area contributed by atoms with Crippen LogP contribution in [0.25, 0.3) is 0 Å². The zero-order valence-corrected chi connectivity index (χ0v) is 22.4. The Hall–Kier alpha value is -1.97. The fourth-order valence-corrected chi connectivity index (χ4v) is 3.97. The third-order valence-corrected chi connectivity index (χ3v) is 6.21. The van der Waals surface area contributed by atoms with Crippen molar-refractivity contribution in [2.45, 2.75) is 110 Å². The van der Waals surface area contributed by atoms with Crippen LogP contribution in [-0.4, -0.2) is 24.1 Å². The van der Waals surface area contributed by atoms with E-state index < -0.39 is 6.10 Å². The maximum Gasteiger partial charge on any atom is 0.195 e. The van der Waals surface area contributed by atoms with Gasteiger partial charge in [-0.1, -0.05) is 152 Å².